The molecule has 10 heteroatoms. The summed E-state index contributed by atoms with van der Waals surface area (Å²) in [5.74, 6) is 9.64. The summed E-state index contributed by atoms with van der Waals surface area (Å²) in [6.45, 7) is 0.499. The van der Waals surface area contributed by atoms with Crippen molar-refractivity contribution in [1.29, 1.82) is 0 Å². The van der Waals surface area contributed by atoms with Gasteiger partial charge in [-0.1, -0.05) is 24.0 Å². The van der Waals surface area contributed by atoms with E-state index in [4.69, 9.17) is 10.6 Å². The van der Waals surface area contributed by atoms with E-state index in [2.05, 4.69) is 27.2 Å². The van der Waals surface area contributed by atoms with Crippen LogP contribution in [0.3, 0.4) is 0 Å². The molecule has 194 valence electrons. The number of carboxylic acid groups (broad SMARTS) is 1. The summed E-state index contributed by atoms with van der Waals surface area (Å²) in [6, 6.07) is 16.6. The van der Waals surface area contributed by atoms with Gasteiger partial charge in [0.25, 0.3) is 11.8 Å². The number of carbonyl (C=O) groups excluding carboxylic acids is 2. The average Bonchev–Trinajstić information content (AvgIpc) is 2.99. The minimum atomic E-state index is -1.09. The van der Waals surface area contributed by atoms with E-state index in [0.717, 1.165) is 11.1 Å². The lowest BCUT2D eigenvalue weighted by Crippen LogP contribution is -2.52. The molecule has 0 bridgehead atoms. The fourth-order valence-electron chi connectivity index (χ4n) is 4.26. The van der Waals surface area contributed by atoms with Gasteiger partial charge >= 0.3 is 5.97 Å². The third kappa shape index (κ3) is 5.45. The number of nitrogens with one attached hydrogen (secondary N) is 1. The van der Waals surface area contributed by atoms with Crippen LogP contribution in [0.15, 0.2) is 73.1 Å². The van der Waals surface area contributed by atoms with Gasteiger partial charge in [0.2, 0.25) is 0 Å². The standard InChI is InChI=1S/C29H23N5O5/c30-33-27(35)22-15-25(32-24-11-12-31-16-23(22)24)20-7-3-18(4-8-20)1-2-19-5-9-21(10-6-19)28(36)34-13-14-39-17-26(34)29(37)38/h3-12,15-16,26H,13-14,17,30H2,(H,33,35)(H,37,38). The summed E-state index contributed by atoms with van der Waals surface area (Å²) in [7, 11) is 0. The van der Waals surface area contributed by atoms with Crippen molar-refractivity contribution in [3.05, 3.63) is 95.3 Å². The Bertz CT molecular complexity index is 1620. The second-order valence-corrected chi connectivity index (χ2v) is 8.75. The number of benzene rings is 2. The van der Waals surface area contributed by atoms with Crippen LogP contribution in [0.25, 0.3) is 22.2 Å². The highest BCUT2D eigenvalue weighted by molar-refractivity contribution is 6.06. The van der Waals surface area contributed by atoms with Crippen molar-refractivity contribution in [2.45, 2.75) is 6.04 Å². The minimum absolute atomic E-state index is 0.0258. The second-order valence-electron chi connectivity index (χ2n) is 8.75. The van der Waals surface area contributed by atoms with Crippen LogP contribution in [0.4, 0.5) is 0 Å². The molecule has 1 atom stereocenters. The Morgan fingerprint density at radius 3 is 2.38 bits per heavy atom. The molecule has 1 aliphatic heterocycles. The SMILES string of the molecule is NNC(=O)c1cc(-c2ccc(C#Cc3ccc(C(=O)N4CCOCC4C(=O)O)cc3)cc2)nc2ccncc12. The summed E-state index contributed by atoms with van der Waals surface area (Å²) in [5, 5.41) is 9.98. The lowest BCUT2D eigenvalue weighted by atomic mass is 10.0. The number of hydrogen-bond donors (Lipinski definition) is 3. The van der Waals surface area contributed by atoms with Crippen molar-refractivity contribution in [3.63, 3.8) is 0 Å². The number of aromatic nitrogens is 2. The molecule has 0 spiro atoms. The van der Waals surface area contributed by atoms with Gasteiger partial charge in [0.05, 0.1) is 30.0 Å². The Morgan fingerprint density at radius 1 is 1.03 bits per heavy atom. The lowest BCUT2D eigenvalue weighted by molar-refractivity contribution is -0.147. The van der Waals surface area contributed by atoms with Crippen molar-refractivity contribution in [2.75, 3.05) is 19.8 Å². The normalized spacial score (nSPS) is 14.8. The average molecular weight is 522 g/mol. The Kier molecular flexibility index (Phi) is 7.27. The molecule has 2 aromatic carbocycles. The highest BCUT2D eigenvalue weighted by Gasteiger charge is 2.33. The summed E-state index contributed by atoms with van der Waals surface area (Å²) >= 11 is 0. The molecule has 2 aromatic heterocycles. The van der Waals surface area contributed by atoms with E-state index in [9.17, 15) is 19.5 Å². The zero-order valence-electron chi connectivity index (χ0n) is 20.6. The molecule has 1 aliphatic rings. The van der Waals surface area contributed by atoms with Gasteiger partial charge in [0.1, 0.15) is 0 Å². The van der Waals surface area contributed by atoms with E-state index in [-0.39, 0.29) is 19.1 Å². The quantitative estimate of drug-likeness (QED) is 0.160. The van der Waals surface area contributed by atoms with Crippen LogP contribution in [-0.2, 0) is 9.53 Å². The van der Waals surface area contributed by atoms with Crippen LogP contribution in [0.5, 0.6) is 0 Å². The molecule has 0 saturated carbocycles. The number of aliphatic carboxylic acids is 1. The molecule has 1 saturated heterocycles. The number of fused-ring (bicyclic) bond motifs is 1. The summed E-state index contributed by atoms with van der Waals surface area (Å²) in [6.07, 6.45) is 3.19. The summed E-state index contributed by atoms with van der Waals surface area (Å²) in [5.41, 5.74) is 6.43. The molecule has 2 amide bonds. The molecule has 10 nitrogen and oxygen atoms in total. The molecule has 3 heterocycles. The van der Waals surface area contributed by atoms with E-state index < -0.39 is 17.9 Å². The van der Waals surface area contributed by atoms with E-state index in [0.29, 0.717) is 39.9 Å². The number of rotatable bonds is 4. The lowest BCUT2D eigenvalue weighted by Gasteiger charge is -2.32. The maximum atomic E-state index is 12.8. The first kappa shape index (κ1) is 25.5. The number of ether oxygens (including phenoxy) is 1. The van der Waals surface area contributed by atoms with Gasteiger partial charge in [-0.05, 0) is 48.5 Å². The first-order valence-corrected chi connectivity index (χ1v) is 12.0. The molecule has 0 aliphatic carbocycles. The highest BCUT2D eigenvalue weighted by Crippen LogP contribution is 2.24. The van der Waals surface area contributed by atoms with Crippen molar-refractivity contribution in [3.8, 4) is 23.1 Å². The Morgan fingerprint density at radius 2 is 1.72 bits per heavy atom. The molecular formula is C29H23N5O5. The van der Waals surface area contributed by atoms with Gasteiger partial charge in [-0.25, -0.2) is 15.6 Å². The maximum absolute atomic E-state index is 12.8. The van der Waals surface area contributed by atoms with Crippen molar-refractivity contribution in [2.24, 2.45) is 5.84 Å². The molecule has 5 rings (SSSR count). The third-order valence-corrected chi connectivity index (χ3v) is 6.32. The number of carbonyl (C=O) groups is 3. The number of nitrogens with two attached hydrogens (primary N) is 1. The number of hydrazine groups is 1. The molecule has 1 unspecified atom stereocenters. The van der Waals surface area contributed by atoms with E-state index in [1.165, 1.54) is 4.90 Å². The second kappa shape index (κ2) is 11.1. The monoisotopic (exact) mass is 521 g/mol. The number of amides is 2. The number of pyridine rings is 2. The highest BCUT2D eigenvalue weighted by atomic mass is 16.5. The fraction of sp³-hybridized carbons (Fsp3) is 0.138. The Labute approximate surface area is 223 Å². The van der Waals surface area contributed by atoms with E-state index in [1.54, 1.807) is 48.8 Å². The predicted octanol–water partition coefficient (Wildman–Crippen LogP) is 2.23. The largest absolute Gasteiger partial charge is 0.480 e. The maximum Gasteiger partial charge on any atom is 0.328 e. The van der Waals surface area contributed by atoms with Crippen molar-refractivity contribution < 1.29 is 24.2 Å². The molecule has 4 aromatic rings. The summed E-state index contributed by atoms with van der Waals surface area (Å²) < 4.78 is 5.20. The van der Waals surface area contributed by atoms with Gasteiger partial charge < -0.3 is 14.7 Å². The number of carboxylic acids is 1. The van der Waals surface area contributed by atoms with Gasteiger partial charge in [-0.15, -0.1) is 0 Å². The number of morpholine rings is 1. The Hall–Kier alpha value is -5.11. The number of nitrogen functional groups attached to an aromatic ring is 1. The topological polar surface area (TPSA) is 148 Å². The number of hydrogen-bond acceptors (Lipinski definition) is 7. The van der Waals surface area contributed by atoms with Crippen LogP contribution >= 0.6 is 0 Å². The zero-order chi connectivity index (χ0) is 27.4. The van der Waals surface area contributed by atoms with Gasteiger partial charge in [0, 0.05) is 46.6 Å². The molecule has 0 radical (unpaired) electrons. The van der Waals surface area contributed by atoms with E-state index in [1.807, 2.05) is 24.3 Å². The van der Waals surface area contributed by atoms with Crippen molar-refractivity contribution in [1.82, 2.24) is 20.3 Å². The smallest absolute Gasteiger partial charge is 0.328 e. The van der Waals surface area contributed by atoms with Crippen LogP contribution < -0.4 is 11.3 Å². The van der Waals surface area contributed by atoms with Crippen LogP contribution in [0, 0.1) is 11.8 Å². The molecule has 1 fully saturated rings. The Balaban J connectivity index is 1.33. The minimum Gasteiger partial charge on any atom is -0.480 e. The van der Waals surface area contributed by atoms with Crippen molar-refractivity contribution >= 4 is 28.7 Å². The fourth-order valence-corrected chi connectivity index (χ4v) is 4.26. The van der Waals surface area contributed by atoms with Gasteiger partial charge in [-0.2, -0.15) is 0 Å². The molecular weight excluding hydrogens is 498 g/mol. The van der Waals surface area contributed by atoms with Gasteiger partial charge in [-0.3, -0.25) is 20.0 Å². The first-order chi connectivity index (χ1) is 18.9. The van der Waals surface area contributed by atoms with Crippen LogP contribution in [0.1, 0.15) is 31.8 Å². The van der Waals surface area contributed by atoms with Crippen LogP contribution in [-0.4, -0.2) is 63.6 Å². The zero-order valence-corrected chi connectivity index (χ0v) is 20.6. The van der Waals surface area contributed by atoms with Crippen LogP contribution in [0.2, 0.25) is 0 Å². The first-order valence-electron chi connectivity index (χ1n) is 12.0. The van der Waals surface area contributed by atoms with E-state index >= 15 is 0 Å². The number of nitrogens with zero attached hydrogens (tertiary/aromatic N) is 3. The van der Waals surface area contributed by atoms with Gasteiger partial charge in [0.15, 0.2) is 6.04 Å². The molecule has 39 heavy (non-hydrogen) atoms. The third-order valence-electron chi connectivity index (χ3n) is 6.32. The predicted molar refractivity (Wildman–Crippen MR) is 142 cm³/mol. The molecule has 4 N–H and O–H groups in total. The summed E-state index contributed by atoms with van der Waals surface area (Å²) in [4.78, 5) is 46.6.